The first-order chi connectivity index (χ1) is 12.0. The van der Waals surface area contributed by atoms with Gasteiger partial charge >= 0.3 is 11.6 Å². The fraction of sp³-hybridized carbons (Fsp3) is 0.158. The Bertz CT molecular complexity index is 1010. The van der Waals surface area contributed by atoms with Crippen molar-refractivity contribution in [3.63, 3.8) is 0 Å². The molecule has 0 spiro atoms. The minimum absolute atomic E-state index is 0.0587. The van der Waals surface area contributed by atoms with Gasteiger partial charge in [-0.1, -0.05) is 30.7 Å². The van der Waals surface area contributed by atoms with Crippen LogP contribution in [-0.4, -0.2) is 11.1 Å². The molecule has 0 amide bonds. The average Bonchev–Trinajstić information content (AvgIpc) is 2.59. The summed E-state index contributed by atoms with van der Waals surface area (Å²) in [7, 11) is 0. The highest BCUT2D eigenvalue weighted by atomic mass is 35.5. The van der Waals surface area contributed by atoms with Gasteiger partial charge in [-0.25, -0.2) is 9.59 Å². The molecule has 0 saturated heterocycles. The van der Waals surface area contributed by atoms with E-state index in [1.807, 2.05) is 6.92 Å². The molecule has 0 atom stereocenters. The largest absolute Gasteiger partial charge is 0.508 e. The van der Waals surface area contributed by atoms with Crippen molar-refractivity contribution in [2.24, 2.45) is 0 Å². The van der Waals surface area contributed by atoms with Gasteiger partial charge in [0.1, 0.15) is 17.9 Å². The third kappa shape index (κ3) is 3.51. The van der Waals surface area contributed by atoms with E-state index in [0.717, 1.165) is 0 Å². The first-order valence-corrected chi connectivity index (χ1v) is 8.07. The molecule has 0 fully saturated rings. The molecule has 1 N–H and O–H groups in total. The van der Waals surface area contributed by atoms with Crippen molar-refractivity contribution in [1.29, 1.82) is 0 Å². The highest BCUT2D eigenvalue weighted by molar-refractivity contribution is 6.33. The normalized spacial score (nSPS) is 10.8. The van der Waals surface area contributed by atoms with Gasteiger partial charge in [0, 0.05) is 23.1 Å². The van der Waals surface area contributed by atoms with Crippen LogP contribution in [0.4, 0.5) is 0 Å². The number of phenolic OH excluding ortho intramolecular Hbond substituents is 1. The van der Waals surface area contributed by atoms with Crippen LogP contribution in [0, 0.1) is 0 Å². The van der Waals surface area contributed by atoms with Gasteiger partial charge in [0.05, 0.1) is 10.6 Å². The number of aryl methyl sites for hydroxylation is 1. The van der Waals surface area contributed by atoms with Gasteiger partial charge in [-0.3, -0.25) is 0 Å². The van der Waals surface area contributed by atoms with Gasteiger partial charge < -0.3 is 14.3 Å². The molecule has 0 bridgehead atoms. The lowest BCUT2D eigenvalue weighted by molar-refractivity contribution is 0.0474. The maximum absolute atomic E-state index is 12.2. The Morgan fingerprint density at radius 3 is 2.68 bits per heavy atom. The fourth-order valence-corrected chi connectivity index (χ4v) is 2.77. The lowest BCUT2D eigenvalue weighted by atomic mass is 10.0. The molecule has 0 saturated carbocycles. The summed E-state index contributed by atoms with van der Waals surface area (Å²) in [5, 5.41) is 10.8. The van der Waals surface area contributed by atoms with Gasteiger partial charge in [0.25, 0.3) is 0 Å². The Labute approximate surface area is 148 Å². The van der Waals surface area contributed by atoms with Crippen molar-refractivity contribution in [2.45, 2.75) is 20.0 Å². The van der Waals surface area contributed by atoms with Crippen molar-refractivity contribution in [1.82, 2.24) is 0 Å². The Hall–Kier alpha value is -2.79. The highest BCUT2D eigenvalue weighted by Crippen LogP contribution is 2.27. The summed E-state index contributed by atoms with van der Waals surface area (Å²) in [6.07, 6.45) is 0.611. The van der Waals surface area contributed by atoms with E-state index in [2.05, 4.69) is 0 Å². The van der Waals surface area contributed by atoms with Crippen LogP contribution >= 0.6 is 11.6 Å². The second kappa shape index (κ2) is 6.99. The topological polar surface area (TPSA) is 76.7 Å². The van der Waals surface area contributed by atoms with Crippen molar-refractivity contribution in [3.05, 3.63) is 74.6 Å². The van der Waals surface area contributed by atoms with Crippen LogP contribution in [0.2, 0.25) is 5.02 Å². The van der Waals surface area contributed by atoms with Crippen molar-refractivity contribution in [3.8, 4) is 5.75 Å². The molecule has 0 radical (unpaired) electrons. The van der Waals surface area contributed by atoms with Crippen LogP contribution in [0.25, 0.3) is 11.0 Å². The molecule has 3 aromatic rings. The zero-order chi connectivity index (χ0) is 18.0. The second-order valence-corrected chi connectivity index (χ2v) is 5.88. The van der Waals surface area contributed by atoms with Crippen molar-refractivity contribution in [2.75, 3.05) is 0 Å². The number of carbonyl (C=O) groups is 1. The van der Waals surface area contributed by atoms with Crippen LogP contribution in [0.5, 0.6) is 5.75 Å². The Morgan fingerprint density at radius 1 is 1.20 bits per heavy atom. The van der Waals surface area contributed by atoms with Crippen LogP contribution in [0.15, 0.2) is 51.7 Å². The van der Waals surface area contributed by atoms with Gasteiger partial charge in [0.15, 0.2) is 0 Å². The molecule has 3 rings (SSSR count). The highest BCUT2D eigenvalue weighted by Gasteiger charge is 2.14. The number of ether oxygens (including phenoxy) is 1. The summed E-state index contributed by atoms with van der Waals surface area (Å²) in [4.78, 5) is 23.9. The molecule has 1 aromatic heterocycles. The minimum atomic E-state index is -0.583. The lowest BCUT2D eigenvalue weighted by Gasteiger charge is -2.10. The molecule has 0 aliphatic rings. The Balaban J connectivity index is 1.94. The van der Waals surface area contributed by atoms with Gasteiger partial charge in [-0.2, -0.15) is 0 Å². The summed E-state index contributed by atoms with van der Waals surface area (Å²) in [6.45, 7) is 1.79. The monoisotopic (exact) mass is 358 g/mol. The number of rotatable bonds is 4. The van der Waals surface area contributed by atoms with Gasteiger partial charge in [-0.15, -0.1) is 0 Å². The van der Waals surface area contributed by atoms with Crippen LogP contribution in [-0.2, 0) is 17.8 Å². The SMILES string of the molecule is CCc1cc2c(COC(=O)c3ccccc3Cl)cc(=O)oc2cc1O. The third-order valence-electron chi connectivity index (χ3n) is 3.86. The van der Waals surface area contributed by atoms with E-state index < -0.39 is 11.6 Å². The molecule has 128 valence electrons. The lowest BCUT2D eigenvalue weighted by Crippen LogP contribution is -2.08. The summed E-state index contributed by atoms with van der Waals surface area (Å²) >= 11 is 5.98. The number of phenols is 1. The third-order valence-corrected chi connectivity index (χ3v) is 4.19. The Kier molecular flexibility index (Phi) is 4.76. The molecule has 0 unspecified atom stereocenters. The molecule has 6 heteroatoms. The molecule has 5 nitrogen and oxygen atoms in total. The molecule has 25 heavy (non-hydrogen) atoms. The maximum Gasteiger partial charge on any atom is 0.339 e. The number of fused-ring (bicyclic) bond motifs is 1. The van der Waals surface area contributed by atoms with E-state index in [1.54, 1.807) is 30.3 Å². The number of aromatic hydroxyl groups is 1. The molecule has 2 aromatic carbocycles. The zero-order valence-corrected chi connectivity index (χ0v) is 14.2. The quantitative estimate of drug-likeness (QED) is 0.562. The van der Waals surface area contributed by atoms with E-state index in [9.17, 15) is 14.7 Å². The molecule has 0 aliphatic carbocycles. The fourth-order valence-electron chi connectivity index (χ4n) is 2.56. The molecular formula is C19H15ClO5. The molecular weight excluding hydrogens is 344 g/mol. The van der Waals surface area contributed by atoms with E-state index in [0.29, 0.717) is 28.0 Å². The number of hydrogen-bond donors (Lipinski definition) is 1. The van der Waals surface area contributed by atoms with E-state index in [-0.39, 0.29) is 23.5 Å². The first-order valence-electron chi connectivity index (χ1n) is 7.70. The molecule has 1 heterocycles. The number of hydrogen-bond acceptors (Lipinski definition) is 5. The standard InChI is InChI=1S/C19H15ClO5/c1-2-11-7-14-12(8-18(22)25-17(14)9-16(11)21)10-24-19(23)13-5-3-4-6-15(13)20/h3-9,21H,2,10H2,1H3. The minimum Gasteiger partial charge on any atom is -0.508 e. The summed E-state index contributed by atoms with van der Waals surface area (Å²) in [6, 6.07) is 11.0. The van der Waals surface area contributed by atoms with Crippen LogP contribution < -0.4 is 5.63 Å². The van der Waals surface area contributed by atoms with E-state index >= 15 is 0 Å². The van der Waals surface area contributed by atoms with Crippen LogP contribution in [0.1, 0.15) is 28.4 Å². The smallest absolute Gasteiger partial charge is 0.339 e. The van der Waals surface area contributed by atoms with Crippen molar-refractivity contribution < 1.29 is 19.1 Å². The van der Waals surface area contributed by atoms with E-state index in [4.69, 9.17) is 20.8 Å². The van der Waals surface area contributed by atoms with Gasteiger partial charge in [-0.05, 0) is 30.2 Å². The number of esters is 1. The summed E-state index contributed by atoms with van der Waals surface area (Å²) in [5.74, 6) is -0.523. The first kappa shape index (κ1) is 17.0. The second-order valence-electron chi connectivity index (χ2n) is 5.48. The average molecular weight is 359 g/mol. The van der Waals surface area contributed by atoms with Crippen molar-refractivity contribution >= 4 is 28.5 Å². The number of benzene rings is 2. The Morgan fingerprint density at radius 2 is 1.96 bits per heavy atom. The van der Waals surface area contributed by atoms with E-state index in [1.165, 1.54) is 12.1 Å². The summed E-state index contributed by atoms with van der Waals surface area (Å²) < 4.78 is 10.4. The summed E-state index contributed by atoms with van der Waals surface area (Å²) in [5.41, 5.74) is 1.12. The molecule has 0 aliphatic heterocycles. The maximum atomic E-state index is 12.2. The number of halogens is 1. The zero-order valence-electron chi connectivity index (χ0n) is 13.4. The van der Waals surface area contributed by atoms with Crippen LogP contribution in [0.3, 0.4) is 0 Å². The number of carbonyl (C=O) groups excluding carboxylic acids is 1. The van der Waals surface area contributed by atoms with Gasteiger partial charge in [0.2, 0.25) is 0 Å². The predicted molar refractivity (Wildman–Crippen MR) is 94.1 cm³/mol. The predicted octanol–water partition coefficient (Wildman–Crippen LogP) is 4.07.